The molecule has 126 valence electrons. The summed E-state index contributed by atoms with van der Waals surface area (Å²) in [5.74, 6) is -1.08. The first-order chi connectivity index (χ1) is 10.5. The number of fused-ring (bicyclic) bond motifs is 1. The van der Waals surface area contributed by atoms with Crippen LogP contribution in [0.2, 0.25) is 0 Å². The second-order valence-electron chi connectivity index (χ2n) is 5.09. The van der Waals surface area contributed by atoms with Gasteiger partial charge in [0.1, 0.15) is 11.3 Å². The van der Waals surface area contributed by atoms with Crippen molar-refractivity contribution in [1.29, 1.82) is 0 Å². The molecule has 2 rings (SSSR count). The molecule has 7 heteroatoms. The molecule has 0 saturated carbocycles. The number of hydrogen-bond acceptors (Lipinski definition) is 4. The van der Waals surface area contributed by atoms with Crippen LogP contribution in [0, 0.1) is 6.92 Å². The number of ether oxygens (including phenoxy) is 2. The summed E-state index contributed by atoms with van der Waals surface area (Å²) in [5, 5.41) is 0.705. The molecule has 1 heterocycles. The zero-order valence-corrected chi connectivity index (χ0v) is 14.3. The molecule has 0 fully saturated rings. The maximum absolute atomic E-state index is 12.2. The molecule has 6 nitrogen and oxygen atoms in total. The second kappa shape index (κ2) is 7.99. The molecule has 0 saturated heterocycles. The average Bonchev–Trinajstić information content (AvgIpc) is 2.84. The number of methoxy groups -OCH3 is 2. The number of esters is 2. The lowest BCUT2D eigenvalue weighted by molar-refractivity contribution is -0.368. The molecule has 0 aliphatic heterocycles. The lowest BCUT2D eigenvalue weighted by Gasteiger charge is -2.09. The molecule has 0 radical (unpaired) electrons. The Bertz CT molecular complexity index is 724. The summed E-state index contributed by atoms with van der Waals surface area (Å²) in [6, 6.07) is 5.74. The van der Waals surface area contributed by atoms with Gasteiger partial charge in [0, 0.05) is 23.9 Å². The predicted octanol–water partition coefficient (Wildman–Crippen LogP) is -1.84. The highest BCUT2D eigenvalue weighted by Gasteiger charge is 2.28. The van der Waals surface area contributed by atoms with Crippen molar-refractivity contribution in [3.8, 4) is 0 Å². The molecule has 0 atom stereocenters. The third kappa shape index (κ3) is 3.48. The van der Waals surface area contributed by atoms with Crippen LogP contribution in [-0.4, -0.2) is 37.3 Å². The van der Waals surface area contributed by atoms with E-state index in [4.69, 9.17) is 9.47 Å². The van der Waals surface area contributed by atoms with E-state index in [0.717, 1.165) is 24.0 Å². The fourth-order valence-electron chi connectivity index (χ4n) is 2.59. The molecule has 1 aromatic carbocycles. The van der Waals surface area contributed by atoms with Crippen molar-refractivity contribution in [2.24, 2.45) is 0 Å². The highest BCUT2D eigenvalue weighted by molar-refractivity contribution is 6.13. The number of hydrogen-bond donors (Lipinski definition) is 1. The van der Waals surface area contributed by atoms with E-state index in [0.29, 0.717) is 11.9 Å². The maximum atomic E-state index is 12.2. The largest absolute Gasteiger partial charge is 1.00 e. The summed E-state index contributed by atoms with van der Waals surface area (Å²) in [4.78, 5) is 24.4. The summed E-state index contributed by atoms with van der Waals surface area (Å²) in [7, 11) is 2.61. The molecule has 3 N–H and O–H groups in total. The van der Waals surface area contributed by atoms with Crippen LogP contribution in [0.25, 0.3) is 10.9 Å². The number of halogens is 1. The van der Waals surface area contributed by atoms with E-state index in [1.54, 1.807) is 0 Å². The molecular formula is C16H21ClN2O4. The van der Waals surface area contributed by atoms with E-state index in [9.17, 15) is 9.59 Å². The van der Waals surface area contributed by atoms with Gasteiger partial charge in [-0.1, -0.05) is 11.6 Å². The number of aryl methyl sites for hydroxylation is 2. The molecule has 23 heavy (non-hydrogen) atoms. The van der Waals surface area contributed by atoms with Crippen molar-refractivity contribution < 1.29 is 37.2 Å². The molecule has 1 aromatic heterocycles. The van der Waals surface area contributed by atoms with Crippen LogP contribution in [0.3, 0.4) is 0 Å². The van der Waals surface area contributed by atoms with Crippen molar-refractivity contribution in [2.45, 2.75) is 19.9 Å². The maximum Gasteiger partial charge on any atom is 0.355 e. The summed E-state index contributed by atoms with van der Waals surface area (Å²) in [6.45, 7) is 3.26. The Hall–Kier alpha value is -2.05. The molecular weight excluding hydrogens is 320 g/mol. The molecule has 0 amide bonds. The highest BCUT2D eigenvalue weighted by Crippen LogP contribution is 2.29. The fraction of sp³-hybridized carbons (Fsp3) is 0.375. The fourth-order valence-corrected chi connectivity index (χ4v) is 2.59. The minimum Gasteiger partial charge on any atom is -1.00 e. The molecule has 0 aliphatic rings. The van der Waals surface area contributed by atoms with Crippen molar-refractivity contribution in [1.82, 2.24) is 4.57 Å². The zero-order valence-electron chi connectivity index (χ0n) is 13.5. The predicted molar refractivity (Wildman–Crippen MR) is 81.7 cm³/mol. The SMILES string of the molecule is COC(=O)c1c(C(=O)OC)n(CCC[NH3+])c2ccc(C)cc12.[Cl-]. The number of nitrogens with zero attached hydrogens (tertiary/aromatic N) is 1. The molecule has 0 spiro atoms. The van der Waals surface area contributed by atoms with Crippen molar-refractivity contribution in [2.75, 3.05) is 20.8 Å². The van der Waals surface area contributed by atoms with Gasteiger partial charge in [-0.25, -0.2) is 9.59 Å². The van der Waals surface area contributed by atoms with E-state index >= 15 is 0 Å². The number of benzene rings is 1. The van der Waals surface area contributed by atoms with Crippen molar-refractivity contribution in [3.05, 3.63) is 35.0 Å². The molecule has 0 bridgehead atoms. The van der Waals surface area contributed by atoms with Crippen molar-refractivity contribution >= 4 is 22.8 Å². The Morgan fingerprint density at radius 1 is 1.17 bits per heavy atom. The number of quaternary nitrogens is 1. The number of rotatable bonds is 5. The minimum absolute atomic E-state index is 0. The first kappa shape index (κ1) is 19.0. The summed E-state index contributed by atoms with van der Waals surface area (Å²) in [6.07, 6.45) is 0.794. The molecule has 0 unspecified atom stereocenters. The van der Waals surface area contributed by atoms with Gasteiger partial charge in [0.15, 0.2) is 0 Å². The van der Waals surface area contributed by atoms with Gasteiger partial charge >= 0.3 is 11.9 Å². The zero-order chi connectivity index (χ0) is 16.3. The highest BCUT2D eigenvalue weighted by atomic mass is 35.5. The van der Waals surface area contributed by atoms with Crippen LogP contribution in [-0.2, 0) is 16.0 Å². The topological polar surface area (TPSA) is 85.2 Å². The third-order valence-corrected chi connectivity index (χ3v) is 3.62. The summed E-state index contributed by atoms with van der Waals surface area (Å²) < 4.78 is 11.6. The summed E-state index contributed by atoms with van der Waals surface area (Å²) in [5.41, 5.74) is 6.15. The monoisotopic (exact) mass is 340 g/mol. The van der Waals surface area contributed by atoms with Crippen LogP contribution in [0.4, 0.5) is 0 Å². The first-order valence-electron chi connectivity index (χ1n) is 7.13. The van der Waals surface area contributed by atoms with Crippen LogP contribution >= 0.6 is 0 Å². The Kier molecular flexibility index (Phi) is 6.60. The van der Waals surface area contributed by atoms with Gasteiger partial charge in [0.25, 0.3) is 0 Å². The molecule has 0 aliphatic carbocycles. The normalized spacial score (nSPS) is 10.3. The lowest BCUT2D eigenvalue weighted by Crippen LogP contribution is -3.00. The number of aromatic nitrogens is 1. The van der Waals surface area contributed by atoms with E-state index in [1.807, 2.05) is 29.7 Å². The van der Waals surface area contributed by atoms with Gasteiger partial charge in [-0.05, 0) is 19.1 Å². The number of carbonyl (C=O) groups is 2. The third-order valence-electron chi connectivity index (χ3n) is 3.62. The second-order valence-corrected chi connectivity index (χ2v) is 5.09. The standard InChI is InChI=1S/C16H20N2O4.ClH/c1-10-5-6-12-11(9-10)13(15(19)21-2)14(16(20)22-3)18(12)8-4-7-17;/h5-6,9H,4,7-8,17H2,1-3H3;1H. The first-order valence-corrected chi connectivity index (χ1v) is 7.13. The summed E-state index contributed by atoms with van der Waals surface area (Å²) >= 11 is 0. The van der Waals surface area contributed by atoms with Crippen LogP contribution in [0.5, 0.6) is 0 Å². The lowest BCUT2D eigenvalue weighted by atomic mass is 10.1. The van der Waals surface area contributed by atoms with Gasteiger partial charge in [-0.3, -0.25) is 0 Å². The Morgan fingerprint density at radius 2 is 1.83 bits per heavy atom. The van der Waals surface area contributed by atoms with Crippen molar-refractivity contribution in [3.63, 3.8) is 0 Å². The smallest absolute Gasteiger partial charge is 0.355 e. The molecule has 2 aromatic rings. The van der Waals surface area contributed by atoms with Crippen LogP contribution < -0.4 is 18.1 Å². The van der Waals surface area contributed by atoms with Gasteiger partial charge in [-0.15, -0.1) is 0 Å². The van der Waals surface area contributed by atoms with E-state index in [2.05, 4.69) is 5.73 Å². The van der Waals surface area contributed by atoms with Gasteiger partial charge in [0.05, 0.1) is 20.8 Å². The van der Waals surface area contributed by atoms with Gasteiger partial charge < -0.3 is 32.2 Å². The Labute approximate surface area is 140 Å². The average molecular weight is 341 g/mol. The van der Waals surface area contributed by atoms with E-state index < -0.39 is 11.9 Å². The van der Waals surface area contributed by atoms with Crippen LogP contribution in [0.15, 0.2) is 18.2 Å². The Balaban J connectivity index is 0.00000264. The Morgan fingerprint density at radius 3 is 2.39 bits per heavy atom. The van der Waals surface area contributed by atoms with E-state index in [1.165, 1.54) is 14.2 Å². The minimum atomic E-state index is -0.543. The van der Waals surface area contributed by atoms with Crippen LogP contribution in [0.1, 0.15) is 32.8 Å². The quantitative estimate of drug-likeness (QED) is 0.648. The van der Waals surface area contributed by atoms with E-state index in [-0.39, 0.29) is 23.7 Å². The number of carbonyl (C=O) groups excluding carboxylic acids is 2. The van der Waals surface area contributed by atoms with Gasteiger partial charge in [-0.2, -0.15) is 0 Å². The van der Waals surface area contributed by atoms with Gasteiger partial charge in [0.2, 0.25) is 0 Å².